The van der Waals surface area contributed by atoms with E-state index in [1.165, 1.54) is 12.1 Å². The van der Waals surface area contributed by atoms with Crippen molar-refractivity contribution < 1.29 is 18.7 Å². The summed E-state index contributed by atoms with van der Waals surface area (Å²) in [5, 5.41) is 5.49. The number of carbonyl (C=O) groups is 2. The van der Waals surface area contributed by atoms with E-state index in [1.54, 1.807) is 12.1 Å². The fourth-order valence-corrected chi connectivity index (χ4v) is 2.93. The Morgan fingerprint density at radius 2 is 2.08 bits per heavy atom. The van der Waals surface area contributed by atoms with Gasteiger partial charge in [0.25, 0.3) is 0 Å². The third kappa shape index (κ3) is 4.54. The predicted octanol–water partition coefficient (Wildman–Crippen LogP) is 1.80. The van der Waals surface area contributed by atoms with Crippen LogP contribution in [0.25, 0.3) is 0 Å². The van der Waals surface area contributed by atoms with Gasteiger partial charge in [-0.15, -0.1) is 0 Å². The SMILES string of the molecule is CCOC1CC(NC(=O)CNC(=O)Cc2cccc(F)c2)C1(C)C. The van der Waals surface area contributed by atoms with Crippen molar-refractivity contribution in [2.45, 2.75) is 45.8 Å². The Hall–Kier alpha value is -1.95. The highest BCUT2D eigenvalue weighted by molar-refractivity contribution is 5.85. The molecule has 132 valence electrons. The minimum absolute atomic E-state index is 0.0432. The third-order valence-corrected chi connectivity index (χ3v) is 4.58. The highest BCUT2D eigenvalue weighted by atomic mass is 19.1. The summed E-state index contributed by atoms with van der Waals surface area (Å²) in [5.41, 5.74) is 0.463. The summed E-state index contributed by atoms with van der Waals surface area (Å²) in [6, 6.07) is 5.91. The zero-order valence-corrected chi connectivity index (χ0v) is 14.4. The standard InChI is InChI=1S/C18H25FN2O3/c1-4-24-15-10-14(18(15,2)3)21-17(23)11-20-16(22)9-12-6-5-7-13(19)8-12/h5-8,14-15H,4,9-11H2,1-3H3,(H,20,22)(H,21,23). The molecule has 1 aromatic rings. The quantitative estimate of drug-likeness (QED) is 0.798. The van der Waals surface area contributed by atoms with Crippen molar-refractivity contribution in [3.05, 3.63) is 35.6 Å². The summed E-state index contributed by atoms with van der Waals surface area (Å²) in [7, 11) is 0. The van der Waals surface area contributed by atoms with Gasteiger partial charge in [-0.3, -0.25) is 9.59 Å². The summed E-state index contributed by atoms with van der Waals surface area (Å²) in [6.45, 7) is 6.65. The smallest absolute Gasteiger partial charge is 0.239 e. The van der Waals surface area contributed by atoms with Crippen molar-refractivity contribution in [1.82, 2.24) is 10.6 Å². The Morgan fingerprint density at radius 1 is 1.33 bits per heavy atom. The largest absolute Gasteiger partial charge is 0.378 e. The van der Waals surface area contributed by atoms with Crippen LogP contribution in [0.4, 0.5) is 4.39 Å². The fourth-order valence-electron chi connectivity index (χ4n) is 2.93. The normalized spacial score (nSPS) is 21.7. The Morgan fingerprint density at radius 3 is 2.71 bits per heavy atom. The summed E-state index contributed by atoms with van der Waals surface area (Å²) < 4.78 is 18.7. The summed E-state index contributed by atoms with van der Waals surface area (Å²) in [5.74, 6) is -0.916. The molecule has 0 saturated heterocycles. The summed E-state index contributed by atoms with van der Waals surface area (Å²) in [6.07, 6.45) is 0.978. The number of benzene rings is 1. The van der Waals surface area contributed by atoms with E-state index in [2.05, 4.69) is 24.5 Å². The molecule has 24 heavy (non-hydrogen) atoms. The molecule has 0 aliphatic heterocycles. The number of hydrogen-bond acceptors (Lipinski definition) is 3. The topological polar surface area (TPSA) is 67.4 Å². The molecule has 0 bridgehead atoms. The molecule has 0 radical (unpaired) electrons. The molecule has 1 fully saturated rings. The van der Waals surface area contributed by atoms with Crippen LogP contribution in [0, 0.1) is 11.2 Å². The molecule has 2 rings (SSSR count). The maximum Gasteiger partial charge on any atom is 0.239 e. The van der Waals surface area contributed by atoms with Crippen molar-refractivity contribution in [2.75, 3.05) is 13.2 Å². The highest BCUT2D eigenvalue weighted by Gasteiger charge is 2.49. The average Bonchev–Trinajstić information content (AvgIpc) is 2.52. The van der Waals surface area contributed by atoms with Crippen LogP contribution in [-0.2, 0) is 20.7 Å². The van der Waals surface area contributed by atoms with Gasteiger partial charge in [0.05, 0.1) is 19.1 Å². The molecule has 2 atom stereocenters. The van der Waals surface area contributed by atoms with Gasteiger partial charge in [0.2, 0.25) is 11.8 Å². The van der Waals surface area contributed by atoms with Crippen LogP contribution in [0.5, 0.6) is 0 Å². The lowest BCUT2D eigenvalue weighted by Crippen LogP contribution is -2.62. The van der Waals surface area contributed by atoms with E-state index in [4.69, 9.17) is 4.74 Å². The maximum absolute atomic E-state index is 13.1. The molecule has 0 aromatic heterocycles. The molecular weight excluding hydrogens is 311 g/mol. The van der Waals surface area contributed by atoms with Crippen molar-refractivity contribution >= 4 is 11.8 Å². The minimum atomic E-state index is -0.380. The third-order valence-electron chi connectivity index (χ3n) is 4.58. The number of nitrogens with one attached hydrogen (secondary N) is 2. The minimum Gasteiger partial charge on any atom is -0.378 e. The van der Waals surface area contributed by atoms with Crippen LogP contribution < -0.4 is 10.6 Å². The first-order chi connectivity index (χ1) is 11.3. The second kappa shape index (κ2) is 7.75. The van der Waals surface area contributed by atoms with E-state index in [-0.39, 0.29) is 48.2 Å². The van der Waals surface area contributed by atoms with Crippen LogP contribution >= 0.6 is 0 Å². The molecule has 0 heterocycles. The van der Waals surface area contributed by atoms with Crippen molar-refractivity contribution in [3.8, 4) is 0 Å². The first kappa shape index (κ1) is 18.4. The van der Waals surface area contributed by atoms with Crippen LogP contribution in [0.2, 0.25) is 0 Å². The Bertz CT molecular complexity index is 604. The number of carbonyl (C=O) groups excluding carboxylic acids is 2. The zero-order chi connectivity index (χ0) is 17.7. The Labute approximate surface area is 142 Å². The lowest BCUT2D eigenvalue weighted by atomic mass is 9.64. The molecular formula is C18H25FN2O3. The van der Waals surface area contributed by atoms with Gasteiger partial charge >= 0.3 is 0 Å². The van der Waals surface area contributed by atoms with Gasteiger partial charge in [-0.2, -0.15) is 0 Å². The van der Waals surface area contributed by atoms with Gasteiger partial charge in [-0.25, -0.2) is 4.39 Å². The lowest BCUT2D eigenvalue weighted by Gasteiger charge is -2.51. The second-order valence-corrected chi connectivity index (χ2v) is 6.70. The molecule has 0 spiro atoms. The fraction of sp³-hybridized carbons (Fsp3) is 0.556. The van der Waals surface area contributed by atoms with Crippen molar-refractivity contribution in [1.29, 1.82) is 0 Å². The highest BCUT2D eigenvalue weighted by Crippen LogP contribution is 2.42. The number of hydrogen-bond donors (Lipinski definition) is 2. The molecule has 2 unspecified atom stereocenters. The average molecular weight is 336 g/mol. The lowest BCUT2D eigenvalue weighted by molar-refractivity contribution is -0.137. The second-order valence-electron chi connectivity index (χ2n) is 6.70. The van der Waals surface area contributed by atoms with E-state index in [1.807, 2.05) is 6.92 Å². The first-order valence-corrected chi connectivity index (χ1v) is 8.25. The zero-order valence-electron chi connectivity index (χ0n) is 14.4. The van der Waals surface area contributed by atoms with Crippen LogP contribution in [0.3, 0.4) is 0 Å². The van der Waals surface area contributed by atoms with Crippen LogP contribution in [0.1, 0.15) is 32.8 Å². The maximum atomic E-state index is 13.1. The molecule has 1 aliphatic carbocycles. The van der Waals surface area contributed by atoms with Gasteiger partial charge in [-0.05, 0) is 31.0 Å². The molecule has 2 N–H and O–H groups in total. The Kier molecular flexibility index (Phi) is 5.94. The summed E-state index contributed by atoms with van der Waals surface area (Å²) >= 11 is 0. The number of amides is 2. The molecule has 1 aromatic carbocycles. The summed E-state index contributed by atoms with van der Waals surface area (Å²) in [4.78, 5) is 23.8. The molecule has 1 aliphatic rings. The molecule has 6 heteroatoms. The van der Waals surface area contributed by atoms with E-state index in [0.717, 1.165) is 6.42 Å². The molecule has 1 saturated carbocycles. The first-order valence-electron chi connectivity index (χ1n) is 8.25. The number of rotatable bonds is 7. The number of halogens is 1. The van der Waals surface area contributed by atoms with E-state index < -0.39 is 0 Å². The van der Waals surface area contributed by atoms with Crippen molar-refractivity contribution in [2.24, 2.45) is 5.41 Å². The Balaban J connectivity index is 1.73. The van der Waals surface area contributed by atoms with Gasteiger partial charge < -0.3 is 15.4 Å². The predicted molar refractivity (Wildman–Crippen MR) is 88.9 cm³/mol. The number of ether oxygens (including phenoxy) is 1. The monoisotopic (exact) mass is 336 g/mol. The van der Waals surface area contributed by atoms with Gasteiger partial charge in [0.15, 0.2) is 0 Å². The van der Waals surface area contributed by atoms with Gasteiger partial charge in [0, 0.05) is 18.1 Å². The van der Waals surface area contributed by atoms with E-state index in [0.29, 0.717) is 12.2 Å². The molecule has 2 amide bonds. The van der Waals surface area contributed by atoms with E-state index >= 15 is 0 Å². The van der Waals surface area contributed by atoms with Crippen molar-refractivity contribution in [3.63, 3.8) is 0 Å². The van der Waals surface area contributed by atoms with Crippen LogP contribution in [0.15, 0.2) is 24.3 Å². The molecule has 5 nitrogen and oxygen atoms in total. The van der Waals surface area contributed by atoms with Crippen LogP contribution in [-0.4, -0.2) is 37.1 Å². The van der Waals surface area contributed by atoms with Gasteiger partial charge in [-0.1, -0.05) is 26.0 Å². The van der Waals surface area contributed by atoms with Gasteiger partial charge in [0.1, 0.15) is 5.82 Å². The van der Waals surface area contributed by atoms with E-state index in [9.17, 15) is 14.0 Å².